The van der Waals surface area contributed by atoms with E-state index in [9.17, 15) is 4.79 Å². The average molecular weight is 566 g/mol. The van der Waals surface area contributed by atoms with Crippen LogP contribution in [0.5, 0.6) is 0 Å². The summed E-state index contributed by atoms with van der Waals surface area (Å²) in [6, 6.07) is 8.99. The predicted octanol–water partition coefficient (Wildman–Crippen LogP) is 2.97. The first-order chi connectivity index (χ1) is 13.0. The Balaban J connectivity index is 0.00000392. The Morgan fingerprint density at radius 3 is 2.36 bits per heavy atom. The Labute approximate surface area is 194 Å². The molecule has 3 N–H and O–H groups in total. The van der Waals surface area contributed by atoms with Gasteiger partial charge in [0.1, 0.15) is 0 Å². The Bertz CT molecular complexity index is 616. The van der Waals surface area contributed by atoms with Gasteiger partial charge < -0.3 is 16.0 Å². The van der Waals surface area contributed by atoms with Crippen LogP contribution in [0.15, 0.2) is 33.7 Å². The van der Waals surface area contributed by atoms with E-state index in [-0.39, 0.29) is 35.8 Å². The summed E-state index contributed by atoms with van der Waals surface area (Å²) in [5, 5.41) is 9.68. The number of piperidine rings is 1. The van der Waals surface area contributed by atoms with Crippen molar-refractivity contribution in [3.05, 3.63) is 34.3 Å². The van der Waals surface area contributed by atoms with Crippen LogP contribution >= 0.6 is 39.9 Å². The van der Waals surface area contributed by atoms with Crippen molar-refractivity contribution in [3.8, 4) is 0 Å². The minimum Gasteiger partial charge on any atom is -0.355 e. The van der Waals surface area contributed by atoms with E-state index in [1.54, 1.807) is 7.05 Å². The normalized spacial score (nSPS) is 15.8. The van der Waals surface area contributed by atoms with Crippen LogP contribution in [0.3, 0.4) is 0 Å². The highest BCUT2D eigenvalue weighted by atomic mass is 127. The fourth-order valence-corrected chi connectivity index (χ4v) is 3.31. The molecule has 0 unspecified atom stereocenters. The molecule has 28 heavy (non-hydrogen) atoms. The molecular weight excluding hydrogens is 533 g/mol. The van der Waals surface area contributed by atoms with Gasteiger partial charge in [-0.15, -0.1) is 24.0 Å². The summed E-state index contributed by atoms with van der Waals surface area (Å²) >= 11 is 3.48. The van der Waals surface area contributed by atoms with Crippen molar-refractivity contribution in [1.29, 1.82) is 0 Å². The molecule has 1 aromatic carbocycles. The van der Waals surface area contributed by atoms with E-state index in [4.69, 9.17) is 0 Å². The smallest absolute Gasteiger partial charge is 0.222 e. The zero-order valence-corrected chi connectivity index (χ0v) is 20.9. The van der Waals surface area contributed by atoms with Crippen LogP contribution in [-0.4, -0.2) is 56.0 Å². The molecule has 1 fully saturated rings. The van der Waals surface area contributed by atoms with Crippen LogP contribution < -0.4 is 16.0 Å². The van der Waals surface area contributed by atoms with Crippen LogP contribution in [0.4, 0.5) is 0 Å². The third kappa shape index (κ3) is 9.09. The average Bonchev–Trinajstić information content (AvgIpc) is 2.67. The number of hydrogen-bond acceptors (Lipinski definition) is 3. The van der Waals surface area contributed by atoms with E-state index in [0.29, 0.717) is 19.1 Å². The number of guanidine groups is 1. The lowest BCUT2D eigenvalue weighted by atomic mass is 10.0. The zero-order valence-electron chi connectivity index (χ0n) is 17.0. The highest BCUT2D eigenvalue weighted by molar-refractivity contribution is 14.0. The number of carbonyl (C=O) groups is 1. The zero-order chi connectivity index (χ0) is 19.6. The molecule has 0 spiro atoms. The maximum Gasteiger partial charge on any atom is 0.222 e. The number of likely N-dealkylation sites (tertiary alicyclic amines) is 1. The SMILES string of the molecule is CN=C(NCCNC(=O)C(C)C)NC1CCN(Cc2ccc(Br)cc2)CC1.I. The second-order valence-electron chi connectivity index (χ2n) is 7.27. The topological polar surface area (TPSA) is 68.8 Å². The standard InChI is InChI=1S/C20H32BrN5O.HI/c1-15(2)19(27)23-10-11-24-20(22-3)25-18-8-12-26(13-9-18)14-16-4-6-17(21)7-5-16;/h4-7,15,18H,8-14H2,1-3H3,(H,23,27)(H2,22,24,25);1H. The number of aliphatic imine (C=N–C) groups is 1. The van der Waals surface area contributed by atoms with Gasteiger partial charge in [0.15, 0.2) is 5.96 Å². The summed E-state index contributed by atoms with van der Waals surface area (Å²) in [4.78, 5) is 18.4. The maximum atomic E-state index is 11.6. The molecule has 1 aliphatic rings. The molecule has 1 aliphatic heterocycles. The molecule has 8 heteroatoms. The van der Waals surface area contributed by atoms with E-state index in [2.05, 4.69) is 66.0 Å². The van der Waals surface area contributed by atoms with E-state index in [0.717, 1.165) is 42.9 Å². The first-order valence-electron chi connectivity index (χ1n) is 9.69. The van der Waals surface area contributed by atoms with Gasteiger partial charge in [0.2, 0.25) is 5.91 Å². The van der Waals surface area contributed by atoms with Crippen molar-refractivity contribution < 1.29 is 4.79 Å². The molecule has 2 rings (SSSR count). The number of hydrogen-bond donors (Lipinski definition) is 3. The molecule has 0 aliphatic carbocycles. The van der Waals surface area contributed by atoms with Crippen LogP contribution in [0.1, 0.15) is 32.3 Å². The van der Waals surface area contributed by atoms with Gasteiger partial charge >= 0.3 is 0 Å². The van der Waals surface area contributed by atoms with Gasteiger partial charge in [-0.25, -0.2) is 0 Å². The minimum absolute atomic E-state index is 0. The van der Waals surface area contributed by atoms with Crippen molar-refractivity contribution in [1.82, 2.24) is 20.9 Å². The fourth-order valence-electron chi connectivity index (χ4n) is 3.04. The van der Waals surface area contributed by atoms with Gasteiger partial charge in [0, 0.05) is 56.2 Å². The van der Waals surface area contributed by atoms with Gasteiger partial charge in [0.05, 0.1) is 0 Å². The molecule has 1 saturated heterocycles. The molecule has 158 valence electrons. The highest BCUT2D eigenvalue weighted by Crippen LogP contribution is 2.16. The molecule has 0 aromatic heterocycles. The third-order valence-electron chi connectivity index (χ3n) is 4.71. The molecule has 1 aromatic rings. The second-order valence-corrected chi connectivity index (χ2v) is 8.18. The highest BCUT2D eigenvalue weighted by Gasteiger charge is 2.20. The fraction of sp³-hybridized carbons (Fsp3) is 0.600. The van der Waals surface area contributed by atoms with Crippen molar-refractivity contribution >= 4 is 51.8 Å². The lowest BCUT2D eigenvalue weighted by Crippen LogP contribution is -2.49. The predicted molar refractivity (Wildman–Crippen MR) is 130 cm³/mol. The van der Waals surface area contributed by atoms with E-state index < -0.39 is 0 Å². The number of nitrogens with one attached hydrogen (secondary N) is 3. The van der Waals surface area contributed by atoms with Crippen LogP contribution in [0.2, 0.25) is 0 Å². The first kappa shape index (κ1) is 25.2. The van der Waals surface area contributed by atoms with Gasteiger partial charge in [-0.1, -0.05) is 41.9 Å². The Morgan fingerprint density at radius 1 is 1.18 bits per heavy atom. The van der Waals surface area contributed by atoms with E-state index >= 15 is 0 Å². The molecule has 1 heterocycles. The van der Waals surface area contributed by atoms with Gasteiger partial charge in [-0.3, -0.25) is 14.7 Å². The number of nitrogens with zero attached hydrogens (tertiary/aromatic N) is 2. The molecule has 0 bridgehead atoms. The van der Waals surface area contributed by atoms with E-state index in [1.165, 1.54) is 5.56 Å². The summed E-state index contributed by atoms with van der Waals surface area (Å²) in [7, 11) is 1.78. The molecule has 1 amide bonds. The summed E-state index contributed by atoms with van der Waals surface area (Å²) < 4.78 is 1.12. The number of halogens is 2. The van der Waals surface area contributed by atoms with Crippen molar-refractivity contribution in [3.63, 3.8) is 0 Å². The molecular formula is C20H33BrIN5O. The Morgan fingerprint density at radius 2 is 1.79 bits per heavy atom. The quantitative estimate of drug-likeness (QED) is 0.206. The van der Waals surface area contributed by atoms with Crippen molar-refractivity contribution in [2.45, 2.75) is 39.3 Å². The Kier molecular flexibility index (Phi) is 12.0. The van der Waals surface area contributed by atoms with Crippen molar-refractivity contribution in [2.75, 3.05) is 33.2 Å². The molecule has 0 radical (unpaired) electrons. The number of rotatable bonds is 7. The lowest BCUT2D eigenvalue weighted by Gasteiger charge is -2.33. The van der Waals surface area contributed by atoms with Crippen LogP contribution in [-0.2, 0) is 11.3 Å². The second kappa shape index (κ2) is 13.4. The van der Waals surface area contributed by atoms with Gasteiger partial charge in [-0.05, 0) is 30.5 Å². The molecule has 0 atom stereocenters. The Hall–Kier alpha value is -0.870. The van der Waals surface area contributed by atoms with Crippen LogP contribution in [0, 0.1) is 5.92 Å². The summed E-state index contributed by atoms with van der Waals surface area (Å²) in [6.07, 6.45) is 2.20. The van der Waals surface area contributed by atoms with E-state index in [1.807, 2.05) is 13.8 Å². The maximum absolute atomic E-state index is 11.6. The van der Waals surface area contributed by atoms with Crippen molar-refractivity contribution in [2.24, 2.45) is 10.9 Å². The van der Waals surface area contributed by atoms with Gasteiger partial charge in [0.25, 0.3) is 0 Å². The number of amides is 1. The molecule has 6 nitrogen and oxygen atoms in total. The lowest BCUT2D eigenvalue weighted by molar-refractivity contribution is -0.123. The largest absolute Gasteiger partial charge is 0.355 e. The summed E-state index contributed by atoms with van der Waals surface area (Å²) in [6.45, 7) is 8.22. The third-order valence-corrected chi connectivity index (χ3v) is 5.24. The number of benzene rings is 1. The van der Waals surface area contributed by atoms with Crippen LogP contribution in [0.25, 0.3) is 0 Å². The first-order valence-corrected chi connectivity index (χ1v) is 10.5. The minimum atomic E-state index is 0. The number of carbonyl (C=O) groups excluding carboxylic acids is 1. The van der Waals surface area contributed by atoms with Gasteiger partial charge in [-0.2, -0.15) is 0 Å². The summed E-state index contributed by atoms with van der Waals surface area (Å²) in [5.41, 5.74) is 1.35. The molecule has 0 saturated carbocycles. The summed E-state index contributed by atoms with van der Waals surface area (Å²) in [5.74, 6) is 0.906. The monoisotopic (exact) mass is 565 g/mol.